The fraction of sp³-hybridized carbons (Fsp3) is 1.00. The summed E-state index contributed by atoms with van der Waals surface area (Å²) in [6, 6.07) is 0. The van der Waals surface area contributed by atoms with E-state index >= 15 is 0 Å². The third-order valence-electron chi connectivity index (χ3n) is 2.60. The summed E-state index contributed by atoms with van der Waals surface area (Å²) in [6.07, 6.45) is 4.97. The van der Waals surface area contributed by atoms with Gasteiger partial charge in [-0.1, -0.05) is 25.3 Å². The fourth-order valence-corrected chi connectivity index (χ4v) is 2.70. The van der Waals surface area contributed by atoms with Crippen molar-refractivity contribution in [3.05, 3.63) is 0 Å². The van der Waals surface area contributed by atoms with Gasteiger partial charge in [-0.2, -0.15) is 0 Å². The van der Waals surface area contributed by atoms with Gasteiger partial charge in [0.1, 0.15) is 0 Å². The van der Waals surface area contributed by atoms with Crippen LogP contribution < -0.4 is 0 Å². The lowest BCUT2D eigenvalue weighted by atomic mass is 10.00. The molecule has 0 unspecified atom stereocenters. The van der Waals surface area contributed by atoms with Crippen molar-refractivity contribution >= 4 is 11.9 Å². The number of hydrogen-bond acceptors (Lipinski definition) is 3. The lowest BCUT2D eigenvalue weighted by molar-refractivity contribution is 0.174. The lowest BCUT2D eigenvalue weighted by Crippen LogP contribution is -2.30. The van der Waals surface area contributed by atoms with Crippen LogP contribution in [0.5, 0.6) is 0 Å². The Morgan fingerprint density at radius 3 is 2.62 bits per heavy atom. The molecule has 1 aliphatic heterocycles. The number of aliphatic hydroxyl groups is 1. The zero-order chi connectivity index (χ0) is 9.52. The number of rotatable bonds is 5. The van der Waals surface area contributed by atoms with Crippen molar-refractivity contribution in [3.8, 4) is 0 Å². The molecule has 1 fully saturated rings. The summed E-state index contributed by atoms with van der Waals surface area (Å²) in [7, 11) is 0. The summed E-state index contributed by atoms with van der Waals surface area (Å²) in [4.78, 5) is 0. The van der Waals surface area contributed by atoms with Gasteiger partial charge in [0.15, 0.2) is 0 Å². The molecule has 0 amide bonds. The number of nitrogens with zero attached hydrogens (tertiary/aromatic N) is 1. The molecule has 0 aliphatic carbocycles. The van der Waals surface area contributed by atoms with E-state index in [-0.39, 0.29) is 0 Å². The molecule has 0 atom stereocenters. The molecule has 0 bridgehead atoms. The molecular formula is C10H21NOS. The van der Waals surface area contributed by atoms with Crippen molar-refractivity contribution in [2.24, 2.45) is 5.92 Å². The van der Waals surface area contributed by atoms with Gasteiger partial charge >= 0.3 is 0 Å². The predicted molar refractivity (Wildman–Crippen MR) is 58.7 cm³/mol. The van der Waals surface area contributed by atoms with Crippen molar-refractivity contribution in [2.45, 2.75) is 32.6 Å². The molecule has 0 radical (unpaired) electrons. The molecule has 13 heavy (non-hydrogen) atoms. The Morgan fingerprint density at radius 2 is 2.08 bits per heavy atom. The molecule has 0 aromatic heterocycles. The number of aliphatic hydroxyl groups excluding tert-OH is 1. The fourth-order valence-electron chi connectivity index (χ4n) is 1.56. The van der Waals surface area contributed by atoms with Crippen LogP contribution in [0.4, 0.5) is 0 Å². The van der Waals surface area contributed by atoms with Gasteiger partial charge in [-0.25, -0.2) is 0 Å². The maximum absolute atomic E-state index is 8.97. The van der Waals surface area contributed by atoms with Gasteiger partial charge in [0.2, 0.25) is 0 Å². The van der Waals surface area contributed by atoms with E-state index in [9.17, 15) is 0 Å². The Kier molecular flexibility index (Phi) is 5.83. The van der Waals surface area contributed by atoms with Crippen molar-refractivity contribution < 1.29 is 5.11 Å². The number of hydrogen-bond donors (Lipinski definition) is 1. The first-order valence-corrected chi connectivity index (χ1v) is 6.29. The summed E-state index contributed by atoms with van der Waals surface area (Å²) in [5.74, 6) is 1.84. The Balaban J connectivity index is 2.03. The molecular weight excluding hydrogens is 182 g/mol. The second kappa shape index (κ2) is 6.68. The maximum atomic E-state index is 8.97. The molecule has 78 valence electrons. The standard InChI is InChI=1S/C10H21NOS/c1-2-3-8-13-11-6-4-10(9-12)5-7-11/h10,12H,2-9H2,1H3. The summed E-state index contributed by atoms with van der Waals surface area (Å²) >= 11 is 1.99. The van der Waals surface area contributed by atoms with Gasteiger partial charge in [0, 0.05) is 25.4 Å². The third-order valence-corrected chi connectivity index (χ3v) is 3.80. The van der Waals surface area contributed by atoms with Crippen LogP contribution in [0.15, 0.2) is 0 Å². The van der Waals surface area contributed by atoms with Crippen LogP contribution in [0, 0.1) is 5.92 Å². The average Bonchev–Trinajstić information content (AvgIpc) is 2.19. The minimum atomic E-state index is 0.382. The van der Waals surface area contributed by atoms with Gasteiger partial charge in [-0.05, 0) is 25.2 Å². The van der Waals surface area contributed by atoms with Crippen LogP contribution >= 0.6 is 11.9 Å². The molecule has 3 heteroatoms. The Hall–Kier alpha value is 0.270. The van der Waals surface area contributed by atoms with E-state index in [1.54, 1.807) is 0 Å². The predicted octanol–water partition coefficient (Wildman–Crippen LogP) is 2.14. The van der Waals surface area contributed by atoms with E-state index in [2.05, 4.69) is 11.2 Å². The summed E-state index contributed by atoms with van der Waals surface area (Å²) in [5.41, 5.74) is 0. The molecule has 1 aliphatic rings. The summed E-state index contributed by atoms with van der Waals surface area (Å²) < 4.78 is 2.46. The second-order valence-electron chi connectivity index (χ2n) is 3.74. The van der Waals surface area contributed by atoms with Gasteiger partial charge in [-0.15, -0.1) is 0 Å². The SMILES string of the molecule is CCCCSN1CCC(CO)CC1. The van der Waals surface area contributed by atoms with Crippen molar-refractivity contribution in [3.63, 3.8) is 0 Å². The van der Waals surface area contributed by atoms with E-state index in [1.807, 2.05) is 11.9 Å². The van der Waals surface area contributed by atoms with Crippen molar-refractivity contribution in [1.29, 1.82) is 0 Å². The normalized spacial score (nSPS) is 20.8. The second-order valence-corrected chi connectivity index (χ2v) is 4.92. The van der Waals surface area contributed by atoms with Crippen LogP contribution in [-0.2, 0) is 0 Å². The van der Waals surface area contributed by atoms with Crippen LogP contribution in [0.1, 0.15) is 32.6 Å². The van der Waals surface area contributed by atoms with Crippen molar-refractivity contribution in [2.75, 3.05) is 25.4 Å². The molecule has 0 saturated carbocycles. The minimum Gasteiger partial charge on any atom is -0.396 e. The van der Waals surface area contributed by atoms with E-state index in [0.717, 1.165) is 0 Å². The zero-order valence-electron chi connectivity index (χ0n) is 8.54. The highest BCUT2D eigenvalue weighted by Crippen LogP contribution is 2.22. The first-order valence-electron chi connectivity index (χ1n) is 5.35. The Morgan fingerprint density at radius 1 is 1.38 bits per heavy atom. The molecule has 1 rings (SSSR count). The van der Waals surface area contributed by atoms with E-state index < -0.39 is 0 Å². The largest absolute Gasteiger partial charge is 0.396 e. The highest BCUT2D eigenvalue weighted by atomic mass is 32.2. The topological polar surface area (TPSA) is 23.5 Å². The summed E-state index contributed by atoms with van der Waals surface area (Å²) in [5, 5.41) is 8.97. The van der Waals surface area contributed by atoms with E-state index in [0.29, 0.717) is 12.5 Å². The lowest BCUT2D eigenvalue weighted by Gasteiger charge is -2.29. The van der Waals surface area contributed by atoms with Crippen LogP contribution in [0.25, 0.3) is 0 Å². The van der Waals surface area contributed by atoms with Crippen LogP contribution in [0.2, 0.25) is 0 Å². The third kappa shape index (κ3) is 4.34. The van der Waals surface area contributed by atoms with Crippen molar-refractivity contribution in [1.82, 2.24) is 4.31 Å². The van der Waals surface area contributed by atoms with Gasteiger partial charge in [0.05, 0.1) is 0 Å². The van der Waals surface area contributed by atoms with Gasteiger partial charge in [-0.3, -0.25) is 4.31 Å². The Labute approximate surface area is 85.8 Å². The molecule has 1 heterocycles. The van der Waals surface area contributed by atoms with E-state index in [4.69, 9.17) is 5.11 Å². The van der Waals surface area contributed by atoms with Gasteiger partial charge in [0.25, 0.3) is 0 Å². The zero-order valence-corrected chi connectivity index (χ0v) is 9.35. The molecule has 1 saturated heterocycles. The average molecular weight is 203 g/mol. The quantitative estimate of drug-likeness (QED) is 0.547. The van der Waals surface area contributed by atoms with Crippen LogP contribution in [0.3, 0.4) is 0 Å². The van der Waals surface area contributed by atoms with Gasteiger partial charge < -0.3 is 5.11 Å². The molecule has 0 aromatic rings. The molecule has 0 aromatic carbocycles. The summed E-state index contributed by atoms with van der Waals surface area (Å²) in [6.45, 7) is 4.95. The minimum absolute atomic E-state index is 0.382. The number of piperidine rings is 1. The molecule has 2 nitrogen and oxygen atoms in total. The van der Waals surface area contributed by atoms with Crippen LogP contribution in [-0.4, -0.2) is 34.9 Å². The monoisotopic (exact) mass is 203 g/mol. The first kappa shape index (κ1) is 11.3. The van der Waals surface area contributed by atoms with E-state index in [1.165, 1.54) is 44.5 Å². The maximum Gasteiger partial charge on any atom is 0.0460 e. The first-order chi connectivity index (χ1) is 6.36. The number of unbranched alkanes of at least 4 members (excludes halogenated alkanes) is 1. The highest BCUT2D eigenvalue weighted by Gasteiger charge is 2.17. The molecule has 0 spiro atoms. The highest BCUT2D eigenvalue weighted by molar-refractivity contribution is 7.97. The Bertz CT molecular complexity index is 121. The smallest absolute Gasteiger partial charge is 0.0460 e. The molecule has 1 N–H and O–H groups in total.